The zero-order valence-electron chi connectivity index (χ0n) is 12.4. The molecule has 3 N–H and O–H groups in total. The van der Waals surface area contributed by atoms with E-state index in [-0.39, 0.29) is 0 Å². The van der Waals surface area contributed by atoms with E-state index in [4.69, 9.17) is 5.73 Å². The van der Waals surface area contributed by atoms with Crippen molar-refractivity contribution in [1.29, 1.82) is 0 Å². The van der Waals surface area contributed by atoms with E-state index in [1.807, 2.05) is 0 Å². The Labute approximate surface area is 114 Å². The van der Waals surface area contributed by atoms with Crippen LogP contribution in [0, 0.1) is 0 Å². The van der Waals surface area contributed by atoms with E-state index in [0.29, 0.717) is 6.04 Å². The maximum Gasteiger partial charge on any atom is 0.0192 e. The maximum atomic E-state index is 5.91. The van der Waals surface area contributed by atoms with Crippen molar-refractivity contribution >= 4 is 0 Å². The Hall–Kier alpha value is -0.0800. The molecule has 0 bridgehead atoms. The summed E-state index contributed by atoms with van der Waals surface area (Å²) < 4.78 is 0. The molecule has 0 heterocycles. The van der Waals surface area contributed by atoms with Crippen LogP contribution in [0.2, 0.25) is 0 Å². The Morgan fingerprint density at radius 2 is 1.67 bits per heavy atom. The van der Waals surface area contributed by atoms with Crippen molar-refractivity contribution in [2.75, 3.05) is 6.54 Å². The highest BCUT2D eigenvalue weighted by atomic mass is 15.0. The third-order valence-corrected chi connectivity index (χ3v) is 4.27. The second kappa shape index (κ2) is 10.8. The molecule has 0 saturated heterocycles. The fourth-order valence-electron chi connectivity index (χ4n) is 3.04. The topological polar surface area (TPSA) is 38.0 Å². The molecule has 1 unspecified atom stereocenters. The number of hydrogen-bond donors (Lipinski definition) is 2. The summed E-state index contributed by atoms with van der Waals surface area (Å²) in [6.45, 7) is 3.08. The summed E-state index contributed by atoms with van der Waals surface area (Å²) in [5.74, 6) is 0. The molecule has 1 fully saturated rings. The molecule has 0 amide bonds. The van der Waals surface area contributed by atoms with Crippen molar-refractivity contribution in [1.82, 2.24) is 5.32 Å². The van der Waals surface area contributed by atoms with Crippen molar-refractivity contribution in [3.05, 3.63) is 0 Å². The van der Waals surface area contributed by atoms with Gasteiger partial charge in [-0.2, -0.15) is 0 Å². The van der Waals surface area contributed by atoms with E-state index >= 15 is 0 Å². The molecule has 1 rings (SSSR count). The zero-order valence-corrected chi connectivity index (χ0v) is 12.4. The van der Waals surface area contributed by atoms with Gasteiger partial charge in [-0.1, -0.05) is 64.7 Å². The first-order chi connectivity index (χ1) is 8.86. The first-order valence-electron chi connectivity index (χ1n) is 8.33. The molecule has 0 spiro atoms. The second-order valence-corrected chi connectivity index (χ2v) is 5.99. The molecule has 0 aromatic carbocycles. The Balaban J connectivity index is 2.11. The van der Waals surface area contributed by atoms with Gasteiger partial charge in [0.15, 0.2) is 0 Å². The van der Waals surface area contributed by atoms with E-state index in [1.54, 1.807) is 0 Å². The van der Waals surface area contributed by atoms with Gasteiger partial charge in [0.25, 0.3) is 0 Å². The lowest BCUT2D eigenvalue weighted by Gasteiger charge is -2.24. The minimum absolute atomic E-state index is 0.565. The summed E-state index contributed by atoms with van der Waals surface area (Å²) >= 11 is 0. The van der Waals surface area contributed by atoms with Gasteiger partial charge < -0.3 is 11.1 Å². The van der Waals surface area contributed by atoms with Crippen LogP contribution >= 0.6 is 0 Å². The fourth-order valence-corrected chi connectivity index (χ4v) is 3.04. The SMILES string of the molecule is CCCCCCCC(CN)NC1CCCCCC1. The van der Waals surface area contributed by atoms with Crippen molar-refractivity contribution in [3.8, 4) is 0 Å². The molecule has 1 saturated carbocycles. The molecule has 2 heteroatoms. The molecule has 0 aliphatic heterocycles. The summed E-state index contributed by atoms with van der Waals surface area (Å²) in [5, 5.41) is 3.81. The van der Waals surface area contributed by atoms with Crippen molar-refractivity contribution in [2.24, 2.45) is 5.73 Å². The molecule has 0 aromatic heterocycles. The quantitative estimate of drug-likeness (QED) is 0.482. The van der Waals surface area contributed by atoms with Crippen LogP contribution in [-0.2, 0) is 0 Å². The average Bonchev–Trinajstić information content (AvgIpc) is 2.65. The minimum Gasteiger partial charge on any atom is -0.329 e. The molecule has 1 aliphatic carbocycles. The van der Waals surface area contributed by atoms with Gasteiger partial charge in [-0.3, -0.25) is 0 Å². The highest BCUT2D eigenvalue weighted by Crippen LogP contribution is 2.18. The van der Waals surface area contributed by atoms with Gasteiger partial charge in [0.05, 0.1) is 0 Å². The monoisotopic (exact) mass is 254 g/mol. The van der Waals surface area contributed by atoms with E-state index in [2.05, 4.69) is 12.2 Å². The van der Waals surface area contributed by atoms with Gasteiger partial charge in [-0.15, -0.1) is 0 Å². The number of unbranched alkanes of at least 4 members (excludes halogenated alkanes) is 4. The lowest BCUT2D eigenvalue weighted by atomic mass is 10.0. The van der Waals surface area contributed by atoms with E-state index in [1.165, 1.54) is 77.0 Å². The molecular weight excluding hydrogens is 220 g/mol. The largest absolute Gasteiger partial charge is 0.329 e. The Morgan fingerprint density at radius 3 is 2.28 bits per heavy atom. The van der Waals surface area contributed by atoms with Gasteiger partial charge >= 0.3 is 0 Å². The summed E-state index contributed by atoms with van der Waals surface area (Å²) in [7, 11) is 0. The average molecular weight is 254 g/mol. The summed E-state index contributed by atoms with van der Waals surface area (Å²) in [5.41, 5.74) is 5.91. The number of hydrogen-bond acceptors (Lipinski definition) is 2. The van der Waals surface area contributed by atoms with Crippen LogP contribution in [-0.4, -0.2) is 18.6 Å². The van der Waals surface area contributed by atoms with Crippen LogP contribution in [0.4, 0.5) is 0 Å². The lowest BCUT2D eigenvalue weighted by Crippen LogP contribution is -2.42. The third kappa shape index (κ3) is 7.38. The van der Waals surface area contributed by atoms with Crippen LogP contribution in [0.25, 0.3) is 0 Å². The van der Waals surface area contributed by atoms with Crippen molar-refractivity contribution in [3.63, 3.8) is 0 Å². The minimum atomic E-state index is 0.565. The molecule has 0 aromatic rings. The second-order valence-electron chi connectivity index (χ2n) is 5.99. The molecule has 1 aliphatic rings. The van der Waals surface area contributed by atoms with E-state index in [9.17, 15) is 0 Å². The van der Waals surface area contributed by atoms with Gasteiger partial charge in [0, 0.05) is 18.6 Å². The number of rotatable bonds is 9. The predicted molar refractivity (Wildman–Crippen MR) is 80.8 cm³/mol. The molecule has 2 nitrogen and oxygen atoms in total. The highest BCUT2D eigenvalue weighted by Gasteiger charge is 2.15. The van der Waals surface area contributed by atoms with Crippen LogP contribution in [0.5, 0.6) is 0 Å². The van der Waals surface area contributed by atoms with Crippen LogP contribution in [0.1, 0.15) is 84.0 Å². The number of nitrogens with one attached hydrogen (secondary N) is 1. The molecule has 108 valence electrons. The van der Waals surface area contributed by atoms with Crippen molar-refractivity contribution < 1.29 is 0 Å². The van der Waals surface area contributed by atoms with Gasteiger partial charge in [-0.05, 0) is 19.3 Å². The van der Waals surface area contributed by atoms with E-state index in [0.717, 1.165) is 12.6 Å². The fraction of sp³-hybridized carbons (Fsp3) is 1.00. The first kappa shape index (κ1) is 16.0. The molecule has 18 heavy (non-hydrogen) atoms. The predicted octanol–water partition coefficient (Wildman–Crippen LogP) is 3.99. The van der Waals surface area contributed by atoms with Crippen LogP contribution < -0.4 is 11.1 Å². The van der Waals surface area contributed by atoms with Gasteiger partial charge in [0.1, 0.15) is 0 Å². The Bertz CT molecular complexity index is 174. The van der Waals surface area contributed by atoms with E-state index < -0.39 is 0 Å². The molecular formula is C16H34N2. The standard InChI is InChI=1S/C16H34N2/c1-2-3-4-5-10-13-16(14-17)18-15-11-8-6-7-9-12-15/h15-16,18H,2-14,17H2,1H3. The zero-order chi connectivity index (χ0) is 13.1. The third-order valence-electron chi connectivity index (χ3n) is 4.27. The molecule has 1 atom stereocenters. The Morgan fingerprint density at radius 1 is 1.00 bits per heavy atom. The summed E-state index contributed by atoms with van der Waals surface area (Å²) in [6.07, 6.45) is 16.6. The molecule has 0 radical (unpaired) electrons. The normalized spacial score (nSPS) is 19.7. The first-order valence-corrected chi connectivity index (χ1v) is 8.33. The van der Waals surface area contributed by atoms with Crippen LogP contribution in [0.15, 0.2) is 0 Å². The lowest BCUT2D eigenvalue weighted by molar-refractivity contribution is 0.372. The van der Waals surface area contributed by atoms with Gasteiger partial charge in [0.2, 0.25) is 0 Å². The maximum absolute atomic E-state index is 5.91. The van der Waals surface area contributed by atoms with Crippen molar-refractivity contribution in [2.45, 2.75) is 96.1 Å². The number of nitrogens with two attached hydrogens (primary N) is 1. The summed E-state index contributed by atoms with van der Waals surface area (Å²) in [4.78, 5) is 0. The Kier molecular flexibility index (Phi) is 9.59. The smallest absolute Gasteiger partial charge is 0.0192 e. The summed E-state index contributed by atoms with van der Waals surface area (Å²) in [6, 6.07) is 1.31. The van der Waals surface area contributed by atoms with Gasteiger partial charge in [-0.25, -0.2) is 0 Å². The highest BCUT2D eigenvalue weighted by molar-refractivity contribution is 4.77. The van der Waals surface area contributed by atoms with Crippen LogP contribution in [0.3, 0.4) is 0 Å².